The minimum Gasteiger partial charge on any atom is -0.336 e. The van der Waals surface area contributed by atoms with Crippen molar-refractivity contribution in [3.8, 4) is 0 Å². The third-order valence-electron chi connectivity index (χ3n) is 4.84. The van der Waals surface area contributed by atoms with Crippen LogP contribution in [-0.4, -0.2) is 46.0 Å². The molecule has 24 heavy (non-hydrogen) atoms. The van der Waals surface area contributed by atoms with E-state index in [0.29, 0.717) is 5.75 Å². The zero-order valence-corrected chi connectivity index (χ0v) is 15.1. The van der Waals surface area contributed by atoms with E-state index in [-0.39, 0.29) is 30.4 Å². The van der Waals surface area contributed by atoms with Crippen molar-refractivity contribution in [1.82, 2.24) is 9.80 Å². The normalized spacial score (nSPS) is 24.8. The van der Waals surface area contributed by atoms with E-state index in [1.165, 1.54) is 18.2 Å². The van der Waals surface area contributed by atoms with E-state index in [1.54, 1.807) is 4.90 Å². The van der Waals surface area contributed by atoms with Gasteiger partial charge in [-0.25, -0.2) is 0 Å². The molecule has 3 rings (SSSR count). The molecule has 2 aliphatic heterocycles. The molecule has 5 heteroatoms. The van der Waals surface area contributed by atoms with Crippen LogP contribution in [0.3, 0.4) is 0 Å². The van der Waals surface area contributed by atoms with E-state index >= 15 is 0 Å². The van der Waals surface area contributed by atoms with E-state index in [9.17, 15) is 9.59 Å². The van der Waals surface area contributed by atoms with E-state index in [1.807, 2.05) is 40.6 Å². The van der Waals surface area contributed by atoms with Crippen LogP contribution in [0, 0.1) is 0 Å². The number of rotatable bonds is 3. The lowest BCUT2D eigenvalue weighted by molar-refractivity contribution is -0.141. The summed E-state index contributed by atoms with van der Waals surface area (Å²) >= 11 is 1.50. The fourth-order valence-electron chi connectivity index (χ4n) is 3.60. The summed E-state index contributed by atoms with van der Waals surface area (Å²) in [6.45, 7) is 4.35. The minimum atomic E-state index is 0.00650. The van der Waals surface area contributed by atoms with Gasteiger partial charge in [-0.2, -0.15) is 0 Å². The van der Waals surface area contributed by atoms with Gasteiger partial charge in [-0.3, -0.25) is 9.59 Å². The number of amides is 2. The van der Waals surface area contributed by atoms with E-state index in [2.05, 4.69) is 13.8 Å². The standard InChI is InChI=1S/C19H24N2O2S/c1-14-7-6-8-15(2)21(14)18(22)11-20-17(12-24-13-19(20)23)16-9-4-3-5-10-16/h3-5,9-10,12,14-15H,6-8,11,13H2,1-2H3. The molecule has 2 atom stereocenters. The van der Waals surface area contributed by atoms with Gasteiger partial charge in [0.25, 0.3) is 0 Å². The minimum absolute atomic E-state index is 0.00650. The second-order valence-corrected chi connectivity index (χ2v) is 7.45. The monoisotopic (exact) mass is 344 g/mol. The summed E-state index contributed by atoms with van der Waals surface area (Å²) in [4.78, 5) is 29.0. The zero-order valence-electron chi connectivity index (χ0n) is 14.3. The van der Waals surface area contributed by atoms with Crippen LogP contribution in [0.2, 0.25) is 0 Å². The first kappa shape index (κ1) is 17.1. The third kappa shape index (κ3) is 3.51. The summed E-state index contributed by atoms with van der Waals surface area (Å²) in [6.07, 6.45) is 3.25. The number of hydrogen-bond acceptors (Lipinski definition) is 3. The topological polar surface area (TPSA) is 40.6 Å². The molecule has 0 bridgehead atoms. The van der Waals surface area contributed by atoms with E-state index in [4.69, 9.17) is 0 Å². The summed E-state index contributed by atoms with van der Waals surface area (Å²) in [7, 11) is 0. The second kappa shape index (κ2) is 7.43. The molecule has 0 aromatic heterocycles. The first-order valence-corrected chi connectivity index (χ1v) is 9.61. The molecule has 4 nitrogen and oxygen atoms in total. The maximum Gasteiger partial charge on any atom is 0.243 e. The molecule has 2 unspecified atom stereocenters. The van der Waals surface area contributed by atoms with Gasteiger partial charge in [0.1, 0.15) is 6.54 Å². The molecule has 2 amide bonds. The average molecular weight is 344 g/mol. The lowest BCUT2D eigenvalue weighted by atomic mass is 9.97. The quantitative estimate of drug-likeness (QED) is 0.844. The Bertz CT molecular complexity index is 634. The molecule has 0 spiro atoms. The highest BCUT2D eigenvalue weighted by Crippen LogP contribution is 2.29. The lowest BCUT2D eigenvalue weighted by Crippen LogP contribution is -2.52. The summed E-state index contributed by atoms with van der Waals surface area (Å²) in [5.74, 6) is 0.457. The molecular formula is C19H24N2O2S. The third-order valence-corrected chi connectivity index (χ3v) is 5.64. The van der Waals surface area contributed by atoms with Gasteiger partial charge in [0.05, 0.1) is 11.4 Å². The Morgan fingerprint density at radius 3 is 2.50 bits per heavy atom. The Hall–Kier alpha value is -1.75. The SMILES string of the molecule is CC1CCCC(C)N1C(=O)CN1C(=O)CSC=C1c1ccccc1. The van der Waals surface area contributed by atoms with Crippen molar-refractivity contribution < 1.29 is 9.59 Å². The van der Waals surface area contributed by atoms with Crippen LogP contribution in [0.4, 0.5) is 0 Å². The van der Waals surface area contributed by atoms with Crippen molar-refractivity contribution >= 4 is 29.3 Å². The van der Waals surface area contributed by atoms with Crippen molar-refractivity contribution in [2.75, 3.05) is 12.3 Å². The number of likely N-dealkylation sites (tertiary alicyclic amines) is 1. The maximum absolute atomic E-state index is 12.9. The number of thioether (sulfide) groups is 1. The number of piperidine rings is 1. The van der Waals surface area contributed by atoms with Crippen LogP contribution in [-0.2, 0) is 9.59 Å². The highest BCUT2D eigenvalue weighted by atomic mass is 32.2. The number of nitrogens with zero attached hydrogens (tertiary/aromatic N) is 2. The Morgan fingerprint density at radius 2 is 1.83 bits per heavy atom. The molecule has 1 saturated heterocycles. The molecule has 128 valence electrons. The summed E-state index contributed by atoms with van der Waals surface area (Å²) in [5, 5.41) is 1.99. The summed E-state index contributed by atoms with van der Waals surface area (Å²) < 4.78 is 0. The highest BCUT2D eigenvalue weighted by Gasteiger charge is 2.32. The molecule has 2 heterocycles. The summed E-state index contributed by atoms with van der Waals surface area (Å²) in [6, 6.07) is 10.3. The average Bonchev–Trinajstić information content (AvgIpc) is 2.57. The van der Waals surface area contributed by atoms with Crippen LogP contribution in [0.5, 0.6) is 0 Å². The number of hydrogen-bond donors (Lipinski definition) is 0. The molecule has 2 aliphatic rings. The van der Waals surface area contributed by atoms with Gasteiger partial charge in [-0.15, -0.1) is 11.8 Å². The molecule has 1 fully saturated rings. The Kier molecular flexibility index (Phi) is 5.29. The molecule has 0 N–H and O–H groups in total. The van der Waals surface area contributed by atoms with Crippen molar-refractivity contribution in [3.05, 3.63) is 41.3 Å². The van der Waals surface area contributed by atoms with Gasteiger partial charge in [0, 0.05) is 12.1 Å². The van der Waals surface area contributed by atoms with Crippen LogP contribution >= 0.6 is 11.8 Å². The Balaban J connectivity index is 1.81. The smallest absolute Gasteiger partial charge is 0.243 e. The second-order valence-electron chi connectivity index (χ2n) is 6.59. The fourth-order valence-corrected chi connectivity index (χ4v) is 4.41. The maximum atomic E-state index is 12.9. The van der Waals surface area contributed by atoms with Crippen molar-refractivity contribution in [2.45, 2.75) is 45.2 Å². The van der Waals surface area contributed by atoms with E-state index < -0.39 is 0 Å². The first-order chi connectivity index (χ1) is 11.6. The lowest BCUT2D eigenvalue weighted by Gasteiger charge is -2.40. The van der Waals surface area contributed by atoms with Crippen LogP contribution < -0.4 is 0 Å². The highest BCUT2D eigenvalue weighted by molar-refractivity contribution is 8.03. The van der Waals surface area contributed by atoms with Crippen LogP contribution in [0.1, 0.15) is 38.7 Å². The van der Waals surface area contributed by atoms with E-state index in [0.717, 1.165) is 24.1 Å². The van der Waals surface area contributed by atoms with Crippen LogP contribution in [0.25, 0.3) is 5.70 Å². The first-order valence-electron chi connectivity index (χ1n) is 8.56. The number of carbonyl (C=O) groups is 2. The molecule has 0 saturated carbocycles. The molecule has 0 radical (unpaired) electrons. The van der Waals surface area contributed by atoms with Crippen molar-refractivity contribution in [2.24, 2.45) is 0 Å². The van der Waals surface area contributed by atoms with Crippen LogP contribution in [0.15, 0.2) is 35.7 Å². The fraction of sp³-hybridized carbons (Fsp3) is 0.474. The Morgan fingerprint density at radius 1 is 1.17 bits per heavy atom. The van der Waals surface area contributed by atoms with Gasteiger partial charge < -0.3 is 9.80 Å². The van der Waals surface area contributed by atoms with Gasteiger partial charge in [0.2, 0.25) is 11.8 Å². The zero-order chi connectivity index (χ0) is 17.1. The molecule has 1 aromatic rings. The molecule has 1 aromatic carbocycles. The predicted octanol–water partition coefficient (Wildman–Crippen LogP) is 3.35. The van der Waals surface area contributed by atoms with Gasteiger partial charge in [-0.1, -0.05) is 30.3 Å². The van der Waals surface area contributed by atoms with Crippen molar-refractivity contribution in [1.29, 1.82) is 0 Å². The Labute approximate surface area is 147 Å². The van der Waals surface area contributed by atoms with Crippen molar-refractivity contribution in [3.63, 3.8) is 0 Å². The largest absolute Gasteiger partial charge is 0.336 e. The number of carbonyl (C=O) groups excluding carboxylic acids is 2. The summed E-state index contributed by atoms with van der Waals surface area (Å²) in [5.41, 5.74) is 1.81. The van der Waals surface area contributed by atoms with Gasteiger partial charge in [0.15, 0.2) is 0 Å². The molecular weight excluding hydrogens is 320 g/mol. The van der Waals surface area contributed by atoms with Gasteiger partial charge in [-0.05, 0) is 44.1 Å². The predicted molar refractivity (Wildman–Crippen MR) is 98.2 cm³/mol. The molecule has 0 aliphatic carbocycles. The number of benzene rings is 1. The van der Waals surface area contributed by atoms with Gasteiger partial charge >= 0.3 is 0 Å².